The lowest BCUT2D eigenvalue weighted by molar-refractivity contribution is -0.153. The van der Waals surface area contributed by atoms with Gasteiger partial charge in [0, 0.05) is 32.1 Å². The number of carbonyl (C=O) groups is 2. The average Bonchev–Trinajstić information content (AvgIpc) is 2.74. The lowest BCUT2D eigenvalue weighted by Crippen LogP contribution is -2.36. The molecule has 0 saturated heterocycles. The summed E-state index contributed by atoms with van der Waals surface area (Å²) in [5.41, 5.74) is 0. The summed E-state index contributed by atoms with van der Waals surface area (Å²) in [5.74, 6) is 0.535. The topological polar surface area (TPSA) is 52.6 Å². The van der Waals surface area contributed by atoms with Gasteiger partial charge in [0.05, 0.1) is 6.61 Å². The molecule has 0 unspecified atom stereocenters. The highest BCUT2D eigenvalue weighted by atomic mass is 16.5. The molecule has 0 aromatic carbocycles. The SMILES string of the molecule is C=C[C@H]1C[C@H]2C=CC[C@H](OC(C)=O)[C@H]2[C@H]1COC(C)=O. The molecule has 2 aliphatic carbocycles. The largest absolute Gasteiger partial charge is 0.466 e. The van der Waals surface area contributed by atoms with Crippen LogP contribution < -0.4 is 0 Å². The molecule has 0 aromatic heterocycles. The zero-order valence-electron chi connectivity index (χ0n) is 12.1. The van der Waals surface area contributed by atoms with E-state index in [2.05, 4.69) is 18.7 Å². The van der Waals surface area contributed by atoms with Gasteiger partial charge in [-0.15, -0.1) is 6.58 Å². The second kappa shape index (κ2) is 6.25. The maximum atomic E-state index is 11.3. The molecule has 1 saturated carbocycles. The van der Waals surface area contributed by atoms with Gasteiger partial charge in [0.2, 0.25) is 0 Å². The normalized spacial score (nSPS) is 35.2. The van der Waals surface area contributed by atoms with Crippen molar-refractivity contribution in [3.8, 4) is 0 Å². The van der Waals surface area contributed by atoms with Crippen LogP contribution in [0.15, 0.2) is 24.8 Å². The van der Waals surface area contributed by atoms with E-state index in [9.17, 15) is 9.59 Å². The summed E-state index contributed by atoms with van der Waals surface area (Å²) in [6, 6.07) is 0. The molecule has 4 heteroatoms. The van der Waals surface area contributed by atoms with Crippen molar-refractivity contribution in [1.82, 2.24) is 0 Å². The lowest BCUT2D eigenvalue weighted by Gasteiger charge is -2.33. The van der Waals surface area contributed by atoms with Crippen molar-refractivity contribution < 1.29 is 19.1 Å². The molecule has 0 aromatic rings. The van der Waals surface area contributed by atoms with E-state index in [1.807, 2.05) is 6.08 Å². The highest BCUT2D eigenvalue weighted by Crippen LogP contribution is 2.48. The van der Waals surface area contributed by atoms with E-state index in [1.165, 1.54) is 13.8 Å². The average molecular weight is 278 g/mol. The maximum Gasteiger partial charge on any atom is 0.302 e. The summed E-state index contributed by atoms with van der Waals surface area (Å²) in [4.78, 5) is 22.3. The van der Waals surface area contributed by atoms with Crippen LogP contribution in [0.1, 0.15) is 26.7 Å². The predicted octanol–water partition coefficient (Wildman–Crippen LogP) is 2.50. The minimum Gasteiger partial charge on any atom is -0.466 e. The third-order valence-corrected chi connectivity index (χ3v) is 4.36. The van der Waals surface area contributed by atoms with Gasteiger partial charge >= 0.3 is 11.9 Å². The zero-order chi connectivity index (χ0) is 14.7. The first-order valence-electron chi connectivity index (χ1n) is 7.12. The zero-order valence-corrected chi connectivity index (χ0v) is 12.1. The van der Waals surface area contributed by atoms with Crippen LogP contribution in [0.25, 0.3) is 0 Å². The fraction of sp³-hybridized carbons (Fsp3) is 0.625. The molecule has 20 heavy (non-hydrogen) atoms. The standard InChI is InChI=1S/C16H22O4/c1-4-12-8-13-6-5-7-15(20-11(3)18)16(13)14(12)9-19-10(2)17/h4-6,12-16H,1,7-9H2,2-3H3/t12-,13+,14-,15-,16+/m0/s1. The third-order valence-electron chi connectivity index (χ3n) is 4.36. The Balaban J connectivity index is 2.16. The predicted molar refractivity (Wildman–Crippen MR) is 74.7 cm³/mol. The van der Waals surface area contributed by atoms with E-state index >= 15 is 0 Å². The Kier molecular flexibility index (Phi) is 4.63. The molecule has 4 nitrogen and oxygen atoms in total. The number of hydrogen-bond donors (Lipinski definition) is 0. The van der Waals surface area contributed by atoms with Crippen LogP contribution in [0.2, 0.25) is 0 Å². The van der Waals surface area contributed by atoms with Crippen molar-refractivity contribution >= 4 is 11.9 Å². The van der Waals surface area contributed by atoms with Crippen LogP contribution in [-0.4, -0.2) is 24.6 Å². The molecule has 0 radical (unpaired) electrons. The molecule has 2 rings (SSSR count). The maximum absolute atomic E-state index is 11.3. The lowest BCUT2D eigenvalue weighted by atomic mass is 9.79. The molecule has 5 atom stereocenters. The Bertz CT molecular complexity index is 426. The summed E-state index contributed by atoms with van der Waals surface area (Å²) in [6.45, 7) is 7.12. The number of hydrogen-bond acceptors (Lipinski definition) is 4. The van der Waals surface area contributed by atoms with E-state index < -0.39 is 0 Å². The number of fused-ring (bicyclic) bond motifs is 1. The van der Waals surface area contributed by atoms with Gasteiger partial charge in [0.25, 0.3) is 0 Å². The number of esters is 2. The van der Waals surface area contributed by atoms with Crippen LogP contribution in [0, 0.1) is 23.7 Å². The summed E-state index contributed by atoms with van der Waals surface area (Å²) < 4.78 is 10.7. The molecule has 1 fully saturated rings. The smallest absolute Gasteiger partial charge is 0.302 e. The molecule has 2 aliphatic rings. The van der Waals surface area contributed by atoms with Crippen molar-refractivity contribution in [2.45, 2.75) is 32.8 Å². The third kappa shape index (κ3) is 3.11. The van der Waals surface area contributed by atoms with Crippen molar-refractivity contribution in [2.24, 2.45) is 23.7 Å². The first-order chi connectivity index (χ1) is 9.52. The van der Waals surface area contributed by atoms with Gasteiger partial charge in [0.15, 0.2) is 0 Å². The van der Waals surface area contributed by atoms with Gasteiger partial charge in [-0.1, -0.05) is 18.2 Å². The summed E-state index contributed by atoms with van der Waals surface area (Å²) in [6.07, 6.45) is 7.83. The first kappa shape index (κ1) is 14.8. The molecular formula is C16H22O4. The Morgan fingerprint density at radius 1 is 1.35 bits per heavy atom. The fourth-order valence-corrected chi connectivity index (χ4v) is 3.61. The minimum atomic E-state index is -0.272. The summed E-state index contributed by atoms with van der Waals surface area (Å²) in [7, 11) is 0. The number of ether oxygens (including phenoxy) is 2. The summed E-state index contributed by atoms with van der Waals surface area (Å²) >= 11 is 0. The van der Waals surface area contributed by atoms with E-state index in [4.69, 9.17) is 9.47 Å². The van der Waals surface area contributed by atoms with Crippen molar-refractivity contribution in [2.75, 3.05) is 6.61 Å². The number of allylic oxidation sites excluding steroid dienone is 2. The van der Waals surface area contributed by atoms with Crippen LogP contribution >= 0.6 is 0 Å². The van der Waals surface area contributed by atoms with E-state index in [0.717, 1.165) is 12.8 Å². The molecule has 0 bridgehead atoms. The van der Waals surface area contributed by atoms with Crippen LogP contribution in [-0.2, 0) is 19.1 Å². The second-order valence-electron chi connectivity index (χ2n) is 5.65. The monoisotopic (exact) mass is 278 g/mol. The molecule has 0 N–H and O–H groups in total. The van der Waals surface area contributed by atoms with E-state index in [-0.39, 0.29) is 29.9 Å². The quantitative estimate of drug-likeness (QED) is 0.585. The van der Waals surface area contributed by atoms with Gasteiger partial charge in [-0.25, -0.2) is 0 Å². The van der Waals surface area contributed by atoms with Gasteiger partial charge in [0.1, 0.15) is 6.10 Å². The van der Waals surface area contributed by atoms with Gasteiger partial charge in [-0.2, -0.15) is 0 Å². The van der Waals surface area contributed by atoms with Crippen LogP contribution in [0.3, 0.4) is 0 Å². The summed E-state index contributed by atoms with van der Waals surface area (Å²) in [5, 5.41) is 0. The first-order valence-corrected chi connectivity index (χ1v) is 7.12. The van der Waals surface area contributed by atoms with Gasteiger partial charge in [-0.05, 0) is 18.3 Å². The molecule has 0 heterocycles. The molecule has 0 aliphatic heterocycles. The minimum absolute atomic E-state index is 0.118. The van der Waals surface area contributed by atoms with E-state index in [0.29, 0.717) is 18.4 Å². The Morgan fingerprint density at radius 2 is 2.10 bits per heavy atom. The van der Waals surface area contributed by atoms with Crippen molar-refractivity contribution in [3.63, 3.8) is 0 Å². The second-order valence-corrected chi connectivity index (χ2v) is 5.65. The highest BCUT2D eigenvalue weighted by Gasteiger charge is 2.47. The number of rotatable bonds is 4. The number of carbonyl (C=O) groups excluding carboxylic acids is 2. The Labute approximate surface area is 119 Å². The Hall–Kier alpha value is -1.58. The van der Waals surface area contributed by atoms with Crippen LogP contribution in [0.5, 0.6) is 0 Å². The molecule has 0 spiro atoms. The Morgan fingerprint density at radius 3 is 2.70 bits per heavy atom. The molecule has 110 valence electrons. The molecular weight excluding hydrogens is 256 g/mol. The van der Waals surface area contributed by atoms with Crippen molar-refractivity contribution in [1.29, 1.82) is 0 Å². The highest BCUT2D eigenvalue weighted by molar-refractivity contribution is 5.66. The van der Waals surface area contributed by atoms with Crippen LogP contribution in [0.4, 0.5) is 0 Å². The van der Waals surface area contributed by atoms with Crippen molar-refractivity contribution in [3.05, 3.63) is 24.8 Å². The fourth-order valence-electron chi connectivity index (χ4n) is 3.61. The van der Waals surface area contributed by atoms with E-state index in [1.54, 1.807) is 0 Å². The molecule has 0 amide bonds. The van der Waals surface area contributed by atoms with Gasteiger partial charge in [-0.3, -0.25) is 9.59 Å². The van der Waals surface area contributed by atoms with Gasteiger partial charge < -0.3 is 9.47 Å².